The van der Waals surface area contributed by atoms with Gasteiger partial charge in [-0.25, -0.2) is 13.1 Å². The molecule has 0 radical (unpaired) electrons. The highest BCUT2D eigenvalue weighted by Gasteiger charge is 2.30. The summed E-state index contributed by atoms with van der Waals surface area (Å²) in [6.07, 6.45) is -1.03. The van der Waals surface area contributed by atoms with Crippen LogP contribution >= 0.6 is 11.6 Å². The number of halogens is 4. The van der Waals surface area contributed by atoms with Crippen molar-refractivity contribution in [2.45, 2.75) is 55.6 Å². The van der Waals surface area contributed by atoms with Crippen LogP contribution in [0.5, 0.6) is 0 Å². The zero-order valence-corrected chi connectivity index (χ0v) is 19.1. The second kappa shape index (κ2) is 11.7. The minimum absolute atomic E-state index is 0.0110. The second-order valence-electron chi connectivity index (χ2n) is 7.28. The van der Waals surface area contributed by atoms with E-state index in [0.717, 1.165) is 25.0 Å². The molecule has 0 aliphatic carbocycles. The quantitative estimate of drug-likeness (QED) is 0.314. The zero-order chi connectivity index (χ0) is 23.8. The Labute approximate surface area is 191 Å². The van der Waals surface area contributed by atoms with Crippen molar-refractivity contribution in [2.24, 2.45) is 0 Å². The van der Waals surface area contributed by atoms with Crippen molar-refractivity contribution in [1.82, 2.24) is 4.72 Å². The van der Waals surface area contributed by atoms with Gasteiger partial charge in [-0.2, -0.15) is 13.2 Å². The van der Waals surface area contributed by atoms with Gasteiger partial charge >= 0.3 is 12.1 Å². The van der Waals surface area contributed by atoms with Crippen molar-refractivity contribution < 1.29 is 31.1 Å². The van der Waals surface area contributed by atoms with E-state index in [1.807, 2.05) is 0 Å². The van der Waals surface area contributed by atoms with E-state index in [-0.39, 0.29) is 10.9 Å². The predicted molar refractivity (Wildman–Crippen MR) is 116 cm³/mol. The number of methoxy groups -OCH3 is 1. The Kier molecular flexibility index (Phi) is 9.54. The van der Waals surface area contributed by atoms with Crippen molar-refractivity contribution in [3.63, 3.8) is 0 Å². The SMILES string of the molecule is COC(=O)CCCCCCC(NS(=O)(=O)c1ccc(Cl)cc1)c1ccc(C(F)(F)F)cc1. The van der Waals surface area contributed by atoms with E-state index in [9.17, 15) is 26.4 Å². The first-order chi connectivity index (χ1) is 15.0. The van der Waals surface area contributed by atoms with E-state index in [4.69, 9.17) is 11.6 Å². The van der Waals surface area contributed by atoms with Crippen LogP contribution in [0.25, 0.3) is 0 Å². The molecule has 0 spiro atoms. The Hall–Kier alpha value is -2.10. The molecule has 2 rings (SSSR count). The Morgan fingerprint density at radius 2 is 1.59 bits per heavy atom. The Morgan fingerprint density at radius 1 is 1.00 bits per heavy atom. The lowest BCUT2D eigenvalue weighted by atomic mass is 9.99. The van der Waals surface area contributed by atoms with Crippen molar-refractivity contribution in [1.29, 1.82) is 0 Å². The zero-order valence-electron chi connectivity index (χ0n) is 17.5. The van der Waals surface area contributed by atoms with Crippen LogP contribution in [0.3, 0.4) is 0 Å². The molecule has 0 aliphatic rings. The number of ether oxygens (including phenoxy) is 1. The van der Waals surface area contributed by atoms with E-state index in [0.29, 0.717) is 36.3 Å². The van der Waals surface area contributed by atoms with E-state index in [1.54, 1.807) is 0 Å². The van der Waals surface area contributed by atoms with Gasteiger partial charge in [-0.15, -0.1) is 0 Å². The molecule has 0 saturated carbocycles. The fraction of sp³-hybridized carbons (Fsp3) is 0.409. The van der Waals surface area contributed by atoms with Crippen molar-refractivity contribution in [3.8, 4) is 0 Å². The average molecular weight is 492 g/mol. The minimum Gasteiger partial charge on any atom is -0.469 e. The molecule has 2 aromatic carbocycles. The molecule has 0 saturated heterocycles. The van der Waals surface area contributed by atoms with Crippen LogP contribution in [0.2, 0.25) is 5.02 Å². The number of carbonyl (C=O) groups excluding carboxylic acids is 1. The summed E-state index contributed by atoms with van der Waals surface area (Å²) in [5, 5.41) is 0.384. The van der Waals surface area contributed by atoms with Gasteiger partial charge in [0.2, 0.25) is 10.0 Å². The molecule has 0 aliphatic heterocycles. The molecule has 32 heavy (non-hydrogen) atoms. The van der Waals surface area contributed by atoms with Gasteiger partial charge in [0.25, 0.3) is 0 Å². The molecule has 0 bridgehead atoms. The third kappa shape index (κ3) is 8.11. The number of carbonyl (C=O) groups is 1. The molecule has 1 atom stereocenters. The van der Waals surface area contributed by atoms with Gasteiger partial charge in [-0.05, 0) is 54.8 Å². The molecule has 2 aromatic rings. The first-order valence-corrected chi connectivity index (χ1v) is 11.9. The molecule has 10 heteroatoms. The predicted octanol–water partition coefficient (Wildman–Crippen LogP) is 5.89. The molecule has 0 fully saturated rings. The number of hydrogen-bond donors (Lipinski definition) is 1. The van der Waals surface area contributed by atoms with Crippen LogP contribution in [0.4, 0.5) is 13.2 Å². The first-order valence-electron chi connectivity index (χ1n) is 10.0. The first kappa shape index (κ1) is 26.2. The Balaban J connectivity index is 2.11. The van der Waals surface area contributed by atoms with Crippen LogP contribution in [-0.4, -0.2) is 21.5 Å². The minimum atomic E-state index is -4.48. The highest BCUT2D eigenvalue weighted by Crippen LogP contribution is 2.31. The molecule has 0 aromatic heterocycles. The number of sulfonamides is 1. The highest BCUT2D eigenvalue weighted by atomic mass is 35.5. The molecule has 0 amide bonds. The highest BCUT2D eigenvalue weighted by molar-refractivity contribution is 7.89. The van der Waals surface area contributed by atoms with Gasteiger partial charge in [-0.1, -0.05) is 43.0 Å². The number of benzene rings is 2. The number of unbranched alkanes of at least 4 members (excludes halogenated alkanes) is 3. The molecular formula is C22H25ClF3NO4S. The summed E-state index contributed by atoms with van der Waals surface area (Å²) >= 11 is 5.82. The number of rotatable bonds is 11. The standard InChI is InChI=1S/C22H25ClF3NO4S/c1-31-21(28)7-5-3-2-4-6-20(16-8-10-17(11-9-16)22(24,25)26)27-32(29,30)19-14-12-18(23)13-15-19/h8-15,20,27H,2-7H2,1H3. The number of hydrogen-bond acceptors (Lipinski definition) is 4. The Bertz CT molecular complexity index is 978. The number of alkyl halides is 3. The topological polar surface area (TPSA) is 72.5 Å². The summed E-state index contributed by atoms with van der Waals surface area (Å²) in [4.78, 5) is 11.2. The lowest BCUT2D eigenvalue weighted by Gasteiger charge is -2.20. The van der Waals surface area contributed by atoms with E-state index in [2.05, 4.69) is 9.46 Å². The molecule has 1 N–H and O–H groups in total. The fourth-order valence-corrected chi connectivity index (χ4v) is 4.53. The summed E-state index contributed by atoms with van der Waals surface area (Å²) in [5.74, 6) is -0.289. The van der Waals surface area contributed by atoms with Crippen LogP contribution in [0.15, 0.2) is 53.4 Å². The number of nitrogens with one attached hydrogen (secondary N) is 1. The summed E-state index contributed by atoms with van der Waals surface area (Å²) in [5.41, 5.74) is -0.367. The second-order valence-corrected chi connectivity index (χ2v) is 9.43. The Morgan fingerprint density at radius 3 is 2.16 bits per heavy atom. The van der Waals surface area contributed by atoms with Crippen LogP contribution < -0.4 is 4.72 Å². The monoisotopic (exact) mass is 491 g/mol. The molecular weight excluding hydrogens is 467 g/mol. The summed E-state index contributed by atoms with van der Waals surface area (Å²) in [6, 6.07) is 9.37. The number of esters is 1. The van der Waals surface area contributed by atoms with Gasteiger partial charge in [0.05, 0.1) is 17.6 Å². The van der Waals surface area contributed by atoms with Gasteiger partial charge in [0, 0.05) is 17.5 Å². The van der Waals surface area contributed by atoms with Gasteiger partial charge in [-0.3, -0.25) is 4.79 Å². The van der Waals surface area contributed by atoms with E-state index in [1.165, 1.54) is 43.5 Å². The third-order valence-corrected chi connectivity index (χ3v) is 6.65. The third-order valence-electron chi connectivity index (χ3n) is 4.91. The molecule has 0 heterocycles. The molecule has 5 nitrogen and oxygen atoms in total. The van der Waals surface area contributed by atoms with Crippen molar-refractivity contribution in [2.75, 3.05) is 7.11 Å². The normalized spacial score (nSPS) is 13.0. The average Bonchev–Trinajstić information content (AvgIpc) is 2.74. The largest absolute Gasteiger partial charge is 0.469 e. The summed E-state index contributed by atoms with van der Waals surface area (Å²) < 4.78 is 71.5. The summed E-state index contributed by atoms with van der Waals surface area (Å²) in [7, 11) is -2.59. The van der Waals surface area contributed by atoms with Crippen LogP contribution in [0, 0.1) is 0 Å². The maximum absolute atomic E-state index is 12.9. The van der Waals surface area contributed by atoms with E-state index >= 15 is 0 Å². The van der Waals surface area contributed by atoms with Crippen LogP contribution in [0.1, 0.15) is 55.7 Å². The lowest BCUT2D eigenvalue weighted by molar-refractivity contribution is -0.140. The summed E-state index contributed by atoms with van der Waals surface area (Å²) in [6.45, 7) is 0. The lowest BCUT2D eigenvalue weighted by Crippen LogP contribution is -2.29. The smallest absolute Gasteiger partial charge is 0.416 e. The van der Waals surface area contributed by atoms with Crippen LogP contribution in [-0.2, 0) is 25.7 Å². The van der Waals surface area contributed by atoms with Gasteiger partial charge in [0.1, 0.15) is 0 Å². The van der Waals surface area contributed by atoms with E-state index < -0.39 is 27.8 Å². The maximum atomic E-state index is 12.9. The molecule has 1 unspecified atom stereocenters. The van der Waals surface area contributed by atoms with Crippen molar-refractivity contribution >= 4 is 27.6 Å². The fourth-order valence-electron chi connectivity index (χ4n) is 3.14. The van der Waals surface area contributed by atoms with Gasteiger partial charge in [0.15, 0.2) is 0 Å². The maximum Gasteiger partial charge on any atom is 0.416 e. The molecule has 176 valence electrons. The van der Waals surface area contributed by atoms with Gasteiger partial charge < -0.3 is 4.74 Å². The van der Waals surface area contributed by atoms with Crippen molar-refractivity contribution in [3.05, 3.63) is 64.7 Å².